The van der Waals surface area contributed by atoms with E-state index in [1.165, 1.54) is 0 Å². The number of benzene rings is 1. The van der Waals surface area contributed by atoms with Gasteiger partial charge in [-0.2, -0.15) is 0 Å². The van der Waals surface area contributed by atoms with Crippen LogP contribution in [-0.2, 0) is 15.6 Å². The summed E-state index contributed by atoms with van der Waals surface area (Å²) in [5.41, 5.74) is 7.96. The van der Waals surface area contributed by atoms with E-state index in [1.807, 2.05) is 19.9 Å². The molecule has 0 aromatic heterocycles. The van der Waals surface area contributed by atoms with Crippen LogP contribution in [0.15, 0.2) is 18.2 Å². The lowest BCUT2D eigenvalue weighted by molar-refractivity contribution is -0.113. The minimum Gasteiger partial charge on any atom is -0.397 e. The molecular formula is C14H22N2O2S. The number of anilines is 2. The first-order chi connectivity index (χ1) is 8.92. The van der Waals surface area contributed by atoms with Crippen LogP contribution in [0.5, 0.6) is 0 Å². The quantitative estimate of drug-likeness (QED) is 0.786. The van der Waals surface area contributed by atoms with Gasteiger partial charge in [0.05, 0.1) is 11.4 Å². The standard InChI is InChI=1S/C14H22N2O2S/c1-4-10(2)8-19(18)9-14(17)16-13-6-5-11(3)7-12(13)15/h5-7,10H,4,8-9,15H2,1-3H3,(H,16,17). The first-order valence-electron chi connectivity index (χ1n) is 6.43. The third-order valence-electron chi connectivity index (χ3n) is 2.94. The number of nitrogens with two attached hydrogens (primary N) is 1. The van der Waals surface area contributed by atoms with Gasteiger partial charge in [-0.1, -0.05) is 26.3 Å². The third-order valence-corrected chi connectivity index (χ3v) is 4.47. The number of hydrogen-bond acceptors (Lipinski definition) is 3. The molecule has 0 spiro atoms. The van der Waals surface area contributed by atoms with Gasteiger partial charge in [-0.05, 0) is 30.5 Å². The van der Waals surface area contributed by atoms with E-state index >= 15 is 0 Å². The van der Waals surface area contributed by atoms with Crippen LogP contribution in [0, 0.1) is 12.8 Å². The fraction of sp³-hybridized carbons (Fsp3) is 0.500. The van der Waals surface area contributed by atoms with Crippen molar-refractivity contribution in [3.63, 3.8) is 0 Å². The first-order valence-corrected chi connectivity index (χ1v) is 7.92. The lowest BCUT2D eigenvalue weighted by Crippen LogP contribution is -2.23. The van der Waals surface area contributed by atoms with Crippen LogP contribution < -0.4 is 11.1 Å². The molecule has 1 amide bonds. The van der Waals surface area contributed by atoms with E-state index in [-0.39, 0.29) is 11.7 Å². The van der Waals surface area contributed by atoms with Crippen molar-refractivity contribution < 1.29 is 9.00 Å². The van der Waals surface area contributed by atoms with Gasteiger partial charge in [0.15, 0.2) is 0 Å². The Morgan fingerprint density at radius 3 is 2.74 bits per heavy atom. The fourth-order valence-electron chi connectivity index (χ4n) is 1.62. The molecule has 3 N–H and O–H groups in total. The number of carbonyl (C=O) groups is 1. The Bertz CT molecular complexity index is 475. The summed E-state index contributed by atoms with van der Waals surface area (Å²) in [6.07, 6.45) is 0.971. The zero-order valence-electron chi connectivity index (χ0n) is 11.7. The number of carbonyl (C=O) groups excluding carboxylic acids is 1. The monoisotopic (exact) mass is 282 g/mol. The second-order valence-corrected chi connectivity index (χ2v) is 6.40. The van der Waals surface area contributed by atoms with Gasteiger partial charge in [-0.3, -0.25) is 9.00 Å². The molecule has 4 nitrogen and oxygen atoms in total. The Hall–Kier alpha value is -1.36. The van der Waals surface area contributed by atoms with E-state index in [9.17, 15) is 9.00 Å². The summed E-state index contributed by atoms with van der Waals surface area (Å²) in [4.78, 5) is 11.8. The minimum absolute atomic E-state index is 0.0255. The highest BCUT2D eigenvalue weighted by molar-refractivity contribution is 7.85. The molecule has 0 radical (unpaired) electrons. The normalized spacial score (nSPS) is 13.8. The van der Waals surface area contributed by atoms with E-state index in [4.69, 9.17) is 5.73 Å². The number of rotatable bonds is 6. The summed E-state index contributed by atoms with van der Waals surface area (Å²) >= 11 is 0. The molecule has 0 bridgehead atoms. The van der Waals surface area contributed by atoms with Crippen molar-refractivity contribution in [3.05, 3.63) is 23.8 Å². The zero-order valence-corrected chi connectivity index (χ0v) is 12.5. The van der Waals surface area contributed by atoms with Gasteiger partial charge >= 0.3 is 0 Å². The van der Waals surface area contributed by atoms with Crippen LogP contribution in [0.2, 0.25) is 0 Å². The molecule has 0 saturated heterocycles. The average Bonchev–Trinajstić information content (AvgIpc) is 2.32. The van der Waals surface area contributed by atoms with Gasteiger partial charge < -0.3 is 11.1 Å². The highest BCUT2D eigenvalue weighted by Gasteiger charge is 2.12. The van der Waals surface area contributed by atoms with Crippen LogP contribution >= 0.6 is 0 Å². The Kier molecular flexibility index (Phi) is 6.02. The Morgan fingerprint density at radius 1 is 1.47 bits per heavy atom. The summed E-state index contributed by atoms with van der Waals surface area (Å²) < 4.78 is 11.8. The molecule has 19 heavy (non-hydrogen) atoms. The maximum atomic E-state index is 11.8. The Labute approximate surface area is 117 Å². The molecule has 0 heterocycles. The van der Waals surface area contributed by atoms with Crippen molar-refractivity contribution in [2.24, 2.45) is 5.92 Å². The van der Waals surface area contributed by atoms with Crippen molar-refractivity contribution in [1.82, 2.24) is 0 Å². The van der Waals surface area contributed by atoms with Gasteiger partial charge in [0, 0.05) is 16.6 Å². The van der Waals surface area contributed by atoms with Crippen molar-refractivity contribution in [3.8, 4) is 0 Å². The Balaban J connectivity index is 2.53. The van der Waals surface area contributed by atoms with Crippen LogP contribution in [0.3, 0.4) is 0 Å². The topological polar surface area (TPSA) is 72.2 Å². The maximum absolute atomic E-state index is 11.8. The van der Waals surface area contributed by atoms with Crippen LogP contribution in [0.4, 0.5) is 11.4 Å². The van der Waals surface area contributed by atoms with Gasteiger partial charge in [0.25, 0.3) is 0 Å². The molecule has 0 saturated carbocycles. The molecular weight excluding hydrogens is 260 g/mol. The molecule has 0 aliphatic heterocycles. The van der Waals surface area contributed by atoms with Gasteiger partial charge in [-0.25, -0.2) is 0 Å². The number of aryl methyl sites for hydroxylation is 1. The van der Waals surface area contributed by atoms with Crippen LogP contribution in [0.1, 0.15) is 25.8 Å². The largest absolute Gasteiger partial charge is 0.397 e. The van der Waals surface area contributed by atoms with E-state index in [1.54, 1.807) is 12.1 Å². The van der Waals surface area contributed by atoms with Crippen LogP contribution in [0.25, 0.3) is 0 Å². The summed E-state index contributed by atoms with van der Waals surface area (Å²) in [5, 5.41) is 2.70. The van der Waals surface area contributed by atoms with E-state index < -0.39 is 10.8 Å². The van der Waals surface area contributed by atoms with Gasteiger partial charge in [0.1, 0.15) is 5.75 Å². The molecule has 1 aromatic carbocycles. The smallest absolute Gasteiger partial charge is 0.237 e. The number of amides is 1. The molecule has 0 fully saturated rings. The highest BCUT2D eigenvalue weighted by Crippen LogP contribution is 2.19. The van der Waals surface area contributed by atoms with Crippen molar-refractivity contribution in [2.45, 2.75) is 27.2 Å². The Morgan fingerprint density at radius 2 is 2.16 bits per heavy atom. The minimum atomic E-state index is -1.12. The predicted octanol–water partition coefficient (Wildman–Crippen LogP) is 2.31. The fourth-order valence-corrected chi connectivity index (χ4v) is 2.98. The average molecular weight is 282 g/mol. The number of nitrogen functional groups attached to an aromatic ring is 1. The lowest BCUT2D eigenvalue weighted by Gasteiger charge is -2.10. The van der Waals surface area contributed by atoms with Crippen molar-refractivity contribution in [1.29, 1.82) is 0 Å². The molecule has 5 heteroatoms. The second kappa shape index (κ2) is 7.28. The van der Waals surface area contributed by atoms with Gasteiger partial charge in [0.2, 0.25) is 5.91 Å². The van der Waals surface area contributed by atoms with E-state index in [0.29, 0.717) is 23.0 Å². The molecule has 1 aromatic rings. The molecule has 0 aliphatic rings. The molecule has 2 atom stereocenters. The summed E-state index contributed by atoms with van der Waals surface area (Å²) in [6.45, 7) is 6.02. The summed E-state index contributed by atoms with van der Waals surface area (Å²) in [6, 6.07) is 5.44. The summed E-state index contributed by atoms with van der Waals surface area (Å²) in [7, 11) is -1.12. The van der Waals surface area contributed by atoms with Crippen LogP contribution in [-0.4, -0.2) is 21.6 Å². The molecule has 0 aliphatic carbocycles. The zero-order chi connectivity index (χ0) is 14.4. The van der Waals surface area contributed by atoms with E-state index in [2.05, 4.69) is 12.2 Å². The van der Waals surface area contributed by atoms with Gasteiger partial charge in [-0.15, -0.1) is 0 Å². The molecule has 1 rings (SSSR count). The SMILES string of the molecule is CCC(C)CS(=O)CC(=O)Nc1ccc(C)cc1N. The summed E-state index contributed by atoms with van der Waals surface area (Å²) in [5.74, 6) is 0.709. The van der Waals surface area contributed by atoms with Crippen molar-refractivity contribution in [2.75, 3.05) is 22.6 Å². The first kappa shape index (κ1) is 15.7. The van der Waals surface area contributed by atoms with E-state index in [0.717, 1.165) is 12.0 Å². The number of hydrogen-bond donors (Lipinski definition) is 2. The lowest BCUT2D eigenvalue weighted by atomic mass is 10.2. The third kappa shape index (κ3) is 5.42. The molecule has 2 unspecified atom stereocenters. The predicted molar refractivity (Wildman–Crippen MR) is 81.6 cm³/mol. The molecule has 106 valence electrons. The van der Waals surface area contributed by atoms with Crippen molar-refractivity contribution >= 4 is 28.1 Å². The second-order valence-electron chi connectivity index (χ2n) is 4.90. The number of nitrogens with one attached hydrogen (secondary N) is 1. The highest BCUT2D eigenvalue weighted by atomic mass is 32.2. The maximum Gasteiger partial charge on any atom is 0.237 e.